The van der Waals surface area contributed by atoms with E-state index in [2.05, 4.69) is 4.90 Å². The fourth-order valence-electron chi connectivity index (χ4n) is 2.02. The molecule has 0 aliphatic carbocycles. The largest absolute Gasteiger partial charge is 0.389 e. The maximum Gasteiger partial charge on any atom is 0.152 e. The second-order valence-electron chi connectivity index (χ2n) is 4.94. The topological polar surface area (TPSA) is 83.6 Å². The van der Waals surface area contributed by atoms with Crippen LogP contribution in [-0.4, -0.2) is 61.2 Å². The van der Waals surface area contributed by atoms with Gasteiger partial charge in [-0.2, -0.15) is 0 Å². The van der Waals surface area contributed by atoms with Gasteiger partial charge in [-0.3, -0.25) is 4.90 Å². The first-order chi connectivity index (χ1) is 7.26. The van der Waals surface area contributed by atoms with Gasteiger partial charge in [-0.1, -0.05) is 0 Å². The van der Waals surface area contributed by atoms with Crippen molar-refractivity contribution in [2.24, 2.45) is 5.73 Å². The summed E-state index contributed by atoms with van der Waals surface area (Å²) in [6.07, 6.45) is 0.573. The third kappa shape index (κ3) is 4.01. The molecule has 3 N–H and O–H groups in total. The molecule has 2 unspecified atom stereocenters. The van der Waals surface area contributed by atoms with Crippen molar-refractivity contribution in [2.45, 2.75) is 31.9 Å². The highest BCUT2D eigenvalue weighted by atomic mass is 32.2. The van der Waals surface area contributed by atoms with Gasteiger partial charge in [0.15, 0.2) is 9.84 Å². The number of rotatable bonds is 4. The number of hydrogen-bond acceptors (Lipinski definition) is 5. The highest BCUT2D eigenvalue weighted by molar-refractivity contribution is 7.91. The quantitative estimate of drug-likeness (QED) is 0.683. The molecule has 1 aliphatic heterocycles. The molecule has 1 saturated heterocycles. The van der Waals surface area contributed by atoms with Crippen molar-refractivity contribution in [2.75, 3.05) is 31.1 Å². The molecule has 0 spiro atoms. The van der Waals surface area contributed by atoms with Gasteiger partial charge in [0, 0.05) is 25.7 Å². The Bertz CT molecular complexity index is 313. The van der Waals surface area contributed by atoms with E-state index in [-0.39, 0.29) is 24.1 Å². The van der Waals surface area contributed by atoms with Gasteiger partial charge in [0.25, 0.3) is 0 Å². The first kappa shape index (κ1) is 13.9. The first-order valence-corrected chi connectivity index (χ1v) is 7.45. The number of sulfone groups is 1. The second-order valence-corrected chi connectivity index (χ2v) is 7.25. The lowest BCUT2D eigenvalue weighted by molar-refractivity contribution is 0.0304. The van der Waals surface area contributed by atoms with E-state index in [1.807, 2.05) is 6.92 Å². The van der Waals surface area contributed by atoms with Gasteiger partial charge in [0.05, 0.1) is 17.1 Å². The zero-order chi connectivity index (χ0) is 12.4. The van der Waals surface area contributed by atoms with Crippen LogP contribution in [-0.2, 0) is 9.84 Å². The third-order valence-corrected chi connectivity index (χ3v) is 4.79. The maximum atomic E-state index is 11.3. The van der Waals surface area contributed by atoms with Gasteiger partial charge in [-0.05, 0) is 20.3 Å². The van der Waals surface area contributed by atoms with Crippen LogP contribution in [0.3, 0.4) is 0 Å². The molecule has 0 radical (unpaired) electrons. The van der Waals surface area contributed by atoms with Gasteiger partial charge in [0.2, 0.25) is 0 Å². The van der Waals surface area contributed by atoms with Crippen molar-refractivity contribution in [3.8, 4) is 0 Å². The third-order valence-electron chi connectivity index (χ3n) is 3.18. The average molecular weight is 250 g/mol. The summed E-state index contributed by atoms with van der Waals surface area (Å²) in [4.78, 5) is 2.10. The highest BCUT2D eigenvalue weighted by Gasteiger charge is 2.29. The van der Waals surface area contributed by atoms with E-state index < -0.39 is 15.4 Å². The standard InChI is InChI=1S/C10H22N2O3S/c1-9(7-10(2,13)8-11)12-3-5-16(14,15)6-4-12/h9,13H,3-8,11H2,1-2H3. The minimum absolute atomic E-state index is 0.161. The van der Waals surface area contributed by atoms with E-state index in [0.29, 0.717) is 19.5 Å². The lowest BCUT2D eigenvalue weighted by Crippen LogP contribution is -2.48. The Kier molecular flexibility index (Phi) is 4.34. The Hall–Kier alpha value is -0.170. The molecule has 0 aromatic carbocycles. The summed E-state index contributed by atoms with van der Waals surface area (Å²) in [7, 11) is -2.83. The summed E-state index contributed by atoms with van der Waals surface area (Å²) in [5.74, 6) is 0.449. The molecule has 1 fully saturated rings. The van der Waals surface area contributed by atoms with Crippen molar-refractivity contribution in [1.29, 1.82) is 0 Å². The zero-order valence-corrected chi connectivity index (χ0v) is 10.8. The highest BCUT2D eigenvalue weighted by Crippen LogP contribution is 2.17. The minimum Gasteiger partial charge on any atom is -0.389 e. The van der Waals surface area contributed by atoms with Crippen molar-refractivity contribution in [3.05, 3.63) is 0 Å². The molecular weight excluding hydrogens is 228 g/mol. The van der Waals surface area contributed by atoms with E-state index >= 15 is 0 Å². The SMILES string of the molecule is CC(CC(C)(O)CN)N1CCS(=O)(=O)CC1. The van der Waals surface area contributed by atoms with Gasteiger partial charge in [-0.25, -0.2) is 8.42 Å². The Labute approximate surface area is 97.5 Å². The lowest BCUT2D eigenvalue weighted by Gasteiger charge is -2.35. The van der Waals surface area contributed by atoms with Crippen LogP contribution in [0.5, 0.6) is 0 Å². The molecule has 96 valence electrons. The zero-order valence-electron chi connectivity index (χ0n) is 10.0. The van der Waals surface area contributed by atoms with E-state index in [0.717, 1.165) is 0 Å². The molecule has 1 heterocycles. The Morgan fingerprint density at radius 2 is 1.94 bits per heavy atom. The van der Waals surface area contributed by atoms with Crippen LogP contribution in [0.4, 0.5) is 0 Å². The molecule has 2 atom stereocenters. The molecule has 0 bridgehead atoms. The fraction of sp³-hybridized carbons (Fsp3) is 1.00. The molecule has 0 aromatic heterocycles. The molecule has 6 heteroatoms. The monoisotopic (exact) mass is 250 g/mol. The van der Waals surface area contributed by atoms with E-state index in [4.69, 9.17) is 5.73 Å². The number of aliphatic hydroxyl groups is 1. The fourth-order valence-corrected chi connectivity index (χ4v) is 3.25. The van der Waals surface area contributed by atoms with Crippen LogP contribution in [0.2, 0.25) is 0 Å². The Morgan fingerprint density at radius 1 is 1.44 bits per heavy atom. The van der Waals surface area contributed by atoms with Crippen molar-refractivity contribution in [1.82, 2.24) is 4.90 Å². The predicted octanol–water partition coefficient (Wildman–Crippen LogP) is -0.795. The normalized spacial score (nSPS) is 27.2. The van der Waals surface area contributed by atoms with Crippen LogP contribution in [0.25, 0.3) is 0 Å². The summed E-state index contributed by atoms with van der Waals surface area (Å²) >= 11 is 0. The second kappa shape index (κ2) is 5.00. The lowest BCUT2D eigenvalue weighted by atomic mass is 9.97. The first-order valence-electron chi connectivity index (χ1n) is 5.63. The van der Waals surface area contributed by atoms with Crippen LogP contribution in [0.1, 0.15) is 20.3 Å². The molecule has 1 aliphatic rings. The van der Waals surface area contributed by atoms with E-state index in [1.54, 1.807) is 6.92 Å². The number of nitrogens with two attached hydrogens (primary N) is 1. The Morgan fingerprint density at radius 3 is 2.38 bits per heavy atom. The predicted molar refractivity (Wildman–Crippen MR) is 64.0 cm³/mol. The molecule has 0 saturated carbocycles. The summed E-state index contributed by atoms with van der Waals surface area (Å²) < 4.78 is 22.5. The minimum atomic E-state index is -2.83. The van der Waals surface area contributed by atoms with Crippen LogP contribution in [0.15, 0.2) is 0 Å². The number of nitrogens with zero attached hydrogens (tertiary/aromatic N) is 1. The molecule has 16 heavy (non-hydrogen) atoms. The summed E-state index contributed by atoms with van der Waals surface area (Å²) in [6, 6.07) is 0.161. The van der Waals surface area contributed by atoms with Crippen LogP contribution in [0, 0.1) is 0 Å². The van der Waals surface area contributed by atoms with Gasteiger partial charge in [-0.15, -0.1) is 0 Å². The Balaban J connectivity index is 2.48. The smallest absolute Gasteiger partial charge is 0.152 e. The van der Waals surface area contributed by atoms with Crippen LogP contribution >= 0.6 is 0 Å². The summed E-state index contributed by atoms with van der Waals surface area (Å²) in [5, 5.41) is 9.86. The maximum absolute atomic E-state index is 11.3. The molecule has 1 rings (SSSR count). The number of hydrogen-bond donors (Lipinski definition) is 2. The molecule has 0 aromatic rings. The van der Waals surface area contributed by atoms with E-state index in [9.17, 15) is 13.5 Å². The van der Waals surface area contributed by atoms with Crippen molar-refractivity contribution >= 4 is 9.84 Å². The van der Waals surface area contributed by atoms with Gasteiger partial charge < -0.3 is 10.8 Å². The summed E-state index contributed by atoms with van der Waals surface area (Å²) in [6.45, 7) is 5.06. The molecule has 5 nitrogen and oxygen atoms in total. The van der Waals surface area contributed by atoms with Crippen molar-refractivity contribution in [3.63, 3.8) is 0 Å². The summed E-state index contributed by atoms with van der Waals surface area (Å²) in [5.41, 5.74) is 4.60. The average Bonchev–Trinajstić information content (AvgIpc) is 2.16. The van der Waals surface area contributed by atoms with Gasteiger partial charge in [0.1, 0.15) is 0 Å². The van der Waals surface area contributed by atoms with Gasteiger partial charge >= 0.3 is 0 Å². The van der Waals surface area contributed by atoms with E-state index in [1.165, 1.54) is 0 Å². The van der Waals surface area contributed by atoms with Crippen LogP contribution < -0.4 is 5.73 Å². The molecule has 0 amide bonds. The van der Waals surface area contributed by atoms with Crippen molar-refractivity contribution < 1.29 is 13.5 Å². The molecular formula is C10H22N2O3S.